The molecule has 0 aromatic heterocycles. The highest BCUT2D eigenvalue weighted by molar-refractivity contribution is 7.99. The van der Waals surface area contributed by atoms with Gasteiger partial charge in [-0.1, -0.05) is 18.7 Å². The fourth-order valence-electron chi connectivity index (χ4n) is 3.44. The molecule has 0 spiro atoms. The normalized spacial score (nSPS) is 14.2. The molecule has 0 radical (unpaired) electrons. The lowest BCUT2D eigenvalue weighted by molar-refractivity contribution is -0.384. The molecular weight excluding hydrogens is 456 g/mol. The van der Waals surface area contributed by atoms with Crippen LogP contribution in [0, 0.1) is 16.0 Å². The monoisotopic (exact) mass is 479 g/mol. The van der Waals surface area contributed by atoms with Crippen molar-refractivity contribution in [1.82, 2.24) is 0 Å². The van der Waals surface area contributed by atoms with Crippen molar-refractivity contribution in [3.63, 3.8) is 0 Å². The van der Waals surface area contributed by atoms with Crippen molar-refractivity contribution >= 4 is 40.7 Å². The number of ether oxygens (including phenoxy) is 1. The molecule has 0 saturated carbocycles. The van der Waals surface area contributed by atoms with E-state index in [0.29, 0.717) is 47.0 Å². The number of nitro groups is 1. The molecule has 3 rings (SSSR count). The molecule has 2 aromatic rings. The summed E-state index contributed by atoms with van der Waals surface area (Å²) in [5.74, 6) is -3.48. The van der Waals surface area contributed by atoms with E-state index in [0.717, 1.165) is 18.9 Å². The number of carbonyl (C=O) groups is 2. The fourth-order valence-corrected chi connectivity index (χ4v) is 3.94. The molecule has 1 amide bonds. The van der Waals surface area contributed by atoms with Gasteiger partial charge in [0, 0.05) is 29.7 Å². The van der Waals surface area contributed by atoms with Crippen LogP contribution in [0.15, 0.2) is 47.4 Å². The van der Waals surface area contributed by atoms with E-state index in [1.807, 2.05) is 4.90 Å². The minimum Gasteiger partial charge on any atom is -0.452 e. The largest absolute Gasteiger partial charge is 0.452 e. The zero-order valence-electron chi connectivity index (χ0n) is 17.8. The zero-order chi connectivity index (χ0) is 24.0. The van der Waals surface area contributed by atoms with Gasteiger partial charge in [-0.15, -0.1) is 0 Å². The molecule has 1 fully saturated rings. The molecule has 1 N–H and O–H groups in total. The molecule has 176 valence electrons. The van der Waals surface area contributed by atoms with Crippen LogP contribution >= 0.6 is 11.8 Å². The number of carbonyl (C=O) groups excluding carboxylic acids is 2. The first kappa shape index (κ1) is 24.4. The van der Waals surface area contributed by atoms with Crippen LogP contribution in [0.4, 0.5) is 25.8 Å². The van der Waals surface area contributed by atoms with Crippen molar-refractivity contribution in [3.8, 4) is 0 Å². The van der Waals surface area contributed by atoms with Gasteiger partial charge in [0.25, 0.3) is 17.4 Å². The third kappa shape index (κ3) is 6.88. The topological polar surface area (TPSA) is 102 Å². The van der Waals surface area contributed by atoms with Gasteiger partial charge in [0.2, 0.25) is 0 Å². The fraction of sp³-hybridized carbons (Fsp3) is 0.364. The number of amides is 1. The van der Waals surface area contributed by atoms with E-state index < -0.39 is 29.2 Å². The predicted octanol–water partition coefficient (Wildman–Crippen LogP) is 4.94. The maximum Gasteiger partial charge on any atom is 0.338 e. The predicted molar refractivity (Wildman–Crippen MR) is 121 cm³/mol. The molecule has 1 saturated heterocycles. The van der Waals surface area contributed by atoms with E-state index in [9.17, 15) is 28.5 Å². The molecule has 0 bridgehead atoms. The van der Waals surface area contributed by atoms with Crippen LogP contribution in [0.2, 0.25) is 0 Å². The van der Waals surface area contributed by atoms with Crippen molar-refractivity contribution in [2.45, 2.75) is 30.4 Å². The van der Waals surface area contributed by atoms with Crippen LogP contribution in [0.25, 0.3) is 0 Å². The minimum absolute atomic E-state index is 0.0306. The Kier molecular flexibility index (Phi) is 8.21. The molecule has 8 nitrogen and oxygen atoms in total. The van der Waals surface area contributed by atoms with Crippen LogP contribution in [0.5, 0.6) is 0 Å². The number of nitro benzene ring substituents is 1. The summed E-state index contributed by atoms with van der Waals surface area (Å²) >= 11 is 0.385. The van der Waals surface area contributed by atoms with Crippen molar-refractivity contribution in [2.24, 2.45) is 5.92 Å². The number of piperidine rings is 1. The maximum absolute atomic E-state index is 12.4. The van der Waals surface area contributed by atoms with E-state index in [4.69, 9.17) is 4.74 Å². The number of esters is 1. The Labute approximate surface area is 193 Å². The third-order valence-electron chi connectivity index (χ3n) is 5.23. The number of halogens is 2. The number of nitrogens with one attached hydrogen (secondary N) is 1. The average Bonchev–Trinajstić information content (AvgIpc) is 2.78. The maximum atomic E-state index is 12.4. The average molecular weight is 480 g/mol. The van der Waals surface area contributed by atoms with Gasteiger partial charge >= 0.3 is 5.97 Å². The summed E-state index contributed by atoms with van der Waals surface area (Å²) in [6.07, 6.45) is 1.87. The van der Waals surface area contributed by atoms with E-state index >= 15 is 0 Å². The number of rotatable bonds is 8. The van der Waals surface area contributed by atoms with Crippen molar-refractivity contribution in [3.05, 3.63) is 58.1 Å². The molecule has 0 unspecified atom stereocenters. The van der Waals surface area contributed by atoms with Gasteiger partial charge in [0.1, 0.15) is 5.69 Å². The van der Waals surface area contributed by atoms with Crippen LogP contribution in [0.1, 0.15) is 30.1 Å². The highest BCUT2D eigenvalue weighted by Gasteiger charge is 2.25. The van der Waals surface area contributed by atoms with E-state index in [2.05, 4.69) is 12.2 Å². The van der Waals surface area contributed by atoms with Gasteiger partial charge in [-0.2, -0.15) is 8.78 Å². The van der Waals surface area contributed by atoms with Crippen LogP contribution in [-0.2, 0) is 9.53 Å². The lowest BCUT2D eigenvalue weighted by Gasteiger charge is -2.31. The number of alkyl halides is 2. The van der Waals surface area contributed by atoms with E-state index in [1.54, 1.807) is 0 Å². The first-order valence-electron chi connectivity index (χ1n) is 10.3. The lowest BCUT2D eigenvalue weighted by atomic mass is 9.98. The Balaban J connectivity index is 1.58. The Hall–Kier alpha value is -3.21. The first-order valence-corrected chi connectivity index (χ1v) is 11.2. The molecule has 0 aliphatic carbocycles. The SMILES string of the molecule is CC1CCN(c2ccc(C(=O)OCC(=O)Nc3ccc(SC(F)F)cc3)cc2[N+](=O)[O-])CC1. The number of anilines is 2. The number of hydrogen-bond donors (Lipinski definition) is 1. The number of benzene rings is 2. The molecule has 0 atom stereocenters. The summed E-state index contributed by atoms with van der Waals surface area (Å²) in [7, 11) is 0. The Morgan fingerprint density at radius 2 is 1.88 bits per heavy atom. The second kappa shape index (κ2) is 11.1. The second-order valence-corrected chi connectivity index (χ2v) is 8.72. The number of hydrogen-bond acceptors (Lipinski definition) is 7. The molecule has 1 heterocycles. The smallest absolute Gasteiger partial charge is 0.338 e. The van der Waals surface area contributed by atoms with Crippen molar-refractivity contribution < 1.29 is 28.0 Å². The molecule has 11 heteroatoms. The highest BCUT2D eigenvalue weighted by atomic mass is 32.2. The van der Waals surface area contributed by atoms with E-state index in [1.165, 1.54) is 36.4 Å². The Bertz CT molecular complexity index is 1010. The zero-order valence-corrected chi connectivity index (χ0v) is 18.6. The Morgan fingerprint density at radius 1 is 1.21 bits per heavy atom. The Morgan fingerprint density at radius 3 is 2.48 bits per heavy atom. The summed E-state index contributed by atoms with van der Waals surface area (Å²) in [6.45, 7) is 2.94. The summed E-state index contributed by atoms with van der Waals surface area (Å²) in [5.41, 5.74) is 0.586. The molecule has 33 heavy (non-hydrogen) atoms. The third-order valence-corrected chi connectivity index (χ3v) is 5.95. The quantitative estimate of drug-likeness (QED) is 0.248. The lowest BCUT2D eigenvalue weighted by Crippen LogP contribution is -2.33. The van der Waals surface area contributed by atoms with Crippen molar-refractivity contribution in [2.75, 3.05) is 29.9 Å². The van der Waals surface area contributed by atoms with Crippen LogP contribution in [0.3, 0.4) is 0 Å². The van der Waals surface area contributed by atoms with Gasteiger partial charge in [-0.05, 0) is 55.2 Å². The van der Waals surface area contributed by atoms with Crippen LogP contribution < -0.4 is 10.2 Å². The highest BCUT2D eigenvalue weighted by Crippen LogP contribution is 2.32. The van der Waals surface area contributed by atoms with Gasteiger partial charge in [0.05, 0.1) is 10.5 Å². The molecule has 1 aliphatic heterocycles. The number of nitrogens with zero attached hydrogens (tertiary/aromatic N) is 2. The summed E-state index contributed by atoms with van der Waals surface area (Å²) in [4.78, 5) is 37.7. The molecular formula is C22H23F2N3O5S. The molecule has 1 aliphatic rings. The van der Waals surface area contributed by atoms with E-state index in [-0.39, 0.29) is 11.3 Å². The summed E-state index contributed by atoms with van der Waals surface area (Å²) < 4.78 is 29.7. The standard InChI is InChI=1S/C22H23F2N3O5S/c1-14-8-10-26(11-9-14)18-7-2-15(12-19(18)27(30)31)21(29)32-13-20(28)25-16-3-5-17(6-4-16)33-22(23)24/h2-7,12,14,22H,8-11,13H2,1H3,(H,25,28). The van der Waals surface area contributed by atoms with Gasteiger partial charge in [-0.25, -0.2) is 4.79 Å². The van der Waals surface area contributed by atoms with Gasteiger partial charge in [0.15, 0.2) is 6.61 Å². The first-order chi connectivity index (χ1) is 15.7. The summed E-state index contributed by atoms with van der Waals surface area (Å²) in [6, 6.07) is 9.91. The minimum atomic E-state index is -2.54. The van der Waals surface area contributed by atoms with Crippen LogP contribution in [-0.4, -0.2) is 42.3 Å². The molecule has 2 aromatic carbocycles. The summed E-state index contributed by atoms with van der Waals surface area (Å²) in [5, 5.41) is 14.1. The number of thioether (sulfide) groups is 1. The van der Waals surface area contributed by atoms with Crippen molar-refractivity contribution in [1.29, 1.82) is 0 Å². The second-order valence-electron chi connectivity index (χ2n) is 7.66. The van der Waals surface area contributed by atoms with Gasteiger partial charge < -0.3 is 15.0 Å². The van der Waals surface area contributed by atoms with Gasteiger partial charge in [-0.3, -0.25) is 14.9 Å².